The number of hydrazine groups is 1. The minimum Gasteiger partial charge on any atom is -0.482 e. The van der Waals surface area contributed by atoms with Crippen LogP contribution in [0, 0.1) is 20.8 Å². The van der Waals surface area contributed by atoms with E-state index < -0.39 is 17.9 Å². The monoisotopic (exact) mass is 512 g/mol. The first-order chi connectivity index (χ1) is 13.2. The number of ether oxygens (including phenoxy) is 2. The van der Waals surface area contributed by atoms with E-state index in [2.05, 4.69) is 42.7 Å². The lowest BCUT2D eigenvalue weighted by Crippen LogP contribution is -2.48. The molecule has 2 rings (SSSR count). The van der Waals surface area contributed by atoms with Crippen LogP contribution >= 0.6 is 31.9 Å². The van der Waals surface area contributed by atoms with Gasteiger partial charge in [-0.1, -0.05) is 34.1 Å². The van der Waals surface area contributed by atoms with Crippen LogP contribution in [0.5, 0.6) is 11.5 Å². The fourth-order valence-corrected chi connectivity index (χ4v) is 4.05. The Labute approximate surface area is 181 Å². The largest absolute Gasteiger partial charge is 0.482 e. The number of halogens is 2. The van der Waals surface area contributed by atoms with E-state index in [1.165, 1.54) is 0 Å². The third-order valence-corrected chi connectivity index (χ3v) is 4.99. The van der Waals surface area contributed by atoms with Gasteiger partial charge in [-0.15, -0.1) is 0 Å². The van der Waals surface area contributed by atoms with Gasteiger partial charge in [0.1, 0.15) is 11.5 Å². The van der Waals surface area contributed by atoms with Crippen LogP contribution in [0.1, 0.15) is 23.6 Å². The van der Waals surface area contributed by atoms with E-state index >= 15 is 0 Å². The summed E-state index contributed by atoms with van der Waals surface area (Å²) in [5.74, 6) is 0.283. The predicted molar refractivity (Wildman–Crippen MR) is 114 cm³/mol. The highest BCUT2D eigenvalue weighted by molar-refractivity contribution is 9.11. The highest BCUT2D eigenvalue weighted by Crippen LogP contribution is 2.32. The van der Waals surface area contributed by atoms with Crippen molar-refractivity contribution in [2.45, 2.75) is 33.8 Å². The lowest BCUT2D eigenvalue weighted by Gasteiger charge is -2.18. The molecule has 2 aromatic carbocycles. The van der Waals surface area contributed by atoms with E-state index in [4.69, 9.17) is 9.47 Å². The summed E-state index contributed by atoms with van der Waals surface area (Å²) in [6.07, 6.45) is -0.774. The van der Waals surface area contributed by atoms with Crippen LogP contribution in [0.2, 0.25) is 0 Å². The maximum absolute atomic E-state index is 12.2. The molecule has 0 aromatic heterocycles. The number of carbonyl (C=O) groups excluding carboxylic acids is 2. The summed E-state index contributed by atoms with van der Waals surface area (Å²) in [7, 11) is 0. The summed E-state index contributed by atoms with van der Waals surface area (Å²) >= 11 is 6.79. The minimum absolute atomic E-state index is 0.243. The molecule has 0 aliphatic rings. The third-order valence-electron chi connectivity index (χ3n) is 3.94. The van der Waals surface area contributed by atoms with Crippen molar-refractivity contribution in [3.8, 4) is 11.5 Å². The lowest BCUT2D eigenvalue weighted by atomic mass is 10.1. The van der Waals surface area contributed by atoms with Gasteiger partial charge in [-0.3, -0.25) is 20.4 Å². The number of aryl methyl sites for hydroxylation is 3. The van der Waals surface area contributed by atoms with Gasteiger partial charge in [0, 0.05) is 4.47 Å². The van der Waals surface area contributed by atoms with Crippen LogP contribution in [0.25, 0.3) is 0 Å². The summed E-state index contributed by atoms with van der Waals surface area (Å²) in [6.45, 7) is 7.07. The molecule has 0 aliphatic carbocycles. The molecule has 0 spiro atoms. The van der Waals surface area contributed by atoms with Crippen LogP contribution in [-0.4, -0.2) is 24.5 Å². The Balaban J connectivity index is 1.84. The summed E-state index contributed by atoms with van der Waals surface area (Å²) in [5.41, 5.74) is 7.43. The molecule has 1 atom stereocenters. The van der Waals surface area contributed by atoms with E-state index in [9.17, 15) is 9.59 Å². The third kappa shape index (κ3) is 5.97. The van der Waals surface area contributed by atoms with E-state index in [-0.39, 0.29) is 6.61 Å². The fourth-order valence-electron chi connectivity index (χ4n) is 2.49. The van der Waals surface area contributed by atoms with Gasteiger partial charge in [0.15, 0.2) is 12.7 Å². The van der Waals surface area contributed by atoms with Crippen LogP contribution in [0.15, 0.2) is 39.3 Å². The number of hydrogen-bond acceptors (Lipinski definition) is 4. The normalized spacial score (nSPS) is 11.5. The van der Waals surface area contributed by atoms with E-state index in [0.717, 1.165) is 25.6 Å². The zero-order chi connectivity index (χ0) is 20.8. The van der Waals surface area contributed by atoms with Crippen molar-refractivity contribution < 1.29 is 19.1 Å². The van der Waals surface area contributed by atoms with Crippen molar-refractivity contribution in [1.29, 1.82) is 0 Å². The highest BCUT2D eigenvalue weighted by Gasteiger charge is 2.18. The molecule has 0 radical (unpaired) electrons. The number of carbonyl (C=O) groups is 2. The molecule has 6 nitrogen and oxygen atoms in total. The van der Waals surface area contributed by atoms with Crippen LogP contribution in [0.4, 0.5) is 0 Å². The van der Waals surface area contributed by atoms with Gasteiger partial charge in [-0.2, -0.15) is 0 Å². The zero-order valence-corrected chi connectivity index (χ0v) is 19.2. The molecule has 0 saturated heterocycles. The summed E-state index contributed by atoms with van der Waals surface area (Å²) in [6, 6.07) is 9.46. The average Bonchev–Trinajstić information content (AvgIpc) is 2.61. The van der Waals surface area contributed by atoms with E-state index in [1.54, 1.807) is 6.92 Å². The number of amides is 2. The van der Waals surface area contributed by atoms with Gasteiger partial charge >= 0.3 is 0 Å². The van der Waals surface area contributed by atoms with Gasteiger partial charge in [-0.05, 0) is 72.4 Å². The molecule has 8 heteroatoms. The van der Waals surface area contributed by atoms with Crippen molar-refractivity contribution in [3.63, 3.8) is 0 Å². The molecule has 0 fully saturated rings. The summed E-state index contributed by atoms with van der Waals surface area (Å²) < 4.78 is 12.9. The maximum atomic E-state index is 12.2. The van der Waals surface area contributed by atoms with Gasteiger partial charge in [0.05, 0.1) is 4.47 Å². The van der Waals surface area contributed by atoms with Gasteiger partial charge in [-0.25, -0.2) is 0 Å². The lowest BCUT2D eigenvalue weighted by molar-refractivity contribution is -0.133. The number of rotatable bonds is 6. The number of nitrogens with one attached hydrogen (secondary N) is 2. The Morgan fingerprint density at radius 1 is 1.00 bits per heavy atom. The molecule has 0 saturated carbocycles. The molecule has 1 unspecified atom stereocenters. The van der Waals surface area contributed by atoms with Gasteiger partial charge < -0.3 is 9.47 Å². The SMILES string of the molecule is Cc1cccc(C)c1OC(C)C(=O)NNC(=O)COc1c(C)cc(Br)cc1Br. The molecule has 0 heterocycles. The minimum atomic E-state index is -0.774. The number of hydrogen-bond donors (Lipinski definition) is 2. The second-order valence-corrected chi connectivity index (χ2v) is 8.11. The highest BCUT2D eigenvalue weighted by atomic mass is 79.9. The molecular formula is C20H22Br2N2O4. The van der Waals surface area contributed by atoms with Crippen molar-refractivity contribution in [3.05, 3.63) is 56.0 Å². The Kier molecular flexibility index (Phi) is 7.88. The number of para-hydroxylation sites is 1. The molecule has 28 heavy (non-hydrogen) atoms. The van der Waals surface area contributed by atoms with Crippen molar-refractivity contribution in [1.82, 2.24) is 10.9 Å². The molecule has 0 bridgehead atoms. The van der Waals surface area contributed by atoms with Crippen molar-refractivity contribution in [2.75, 3.05) is 6.61 Å². The van der Waals surface area contributed by atoms with Crippen LogP contribution < -0.4 is 20.3 Å². The quantitative estimate of drug-likeness (QED) is 0.569. The van der Waals surface area contributed by atoms with Gasteiger partial charge in [0.2, 0.25) is 0 Å². The Bertz CT molecular complexity index is 843. The van der Waals surface area contributed by atoms with Crippen molar-refractivity contribution >= 4 is 43.7 Å². The zero-order valence-electron chi connectivity index (χ0n) is 16.1. The first-order valence-corrected chi connectivity index (χ1v) is 10.2. The average molecular weight is 514 g/mol. The Hall–Kier alpha value is -2.06. The fraction of sp³-hybridized carbons (Fsp3) is 0.300. The van der Waals surface area contributed by atoms with Gasteiger partial charge in [0.25, 0.3) is 11.8 Å². The summed E-state index contributed by atoms with van der Waals surface area (Å²) in [4.78, 5) is 24.2. The number of benzene rings is 2. The topological polar surface area (TPSA) is 76.7 Å². The standard InChI is InChI=1S/C20H22Br2N2O4/c1-11-6-5-7-12(2)18(11)28-14(4)20(26)24-23-17(25)10-27-19-13(3)8-15(21)9-16(19)22/h5-9,14H,10H2,1-4H3,(H,23,25)(H,24,26). The second kappa shape index (κ2) is 9.93. The Morgan fingerprint density at radius 2 is 1.64 bits per heavy atom. The van der Waals surface area contributed by atoms with E-state index in [1.807, 2.05) is 51.1 Å². The molecular weight excluding hydrogens is 492 g/mol. The molecule has 150 valence electrons. The second-order valence-electron chi connectivity index (χ2n) is 6.34. The molecule has 2 amide bonds. The van der Waals surface area contributed by atoms with Crippen LogP contribution in [-0.2, 0) is 9.59 Å². The first kappa shape index (κ1) is 22.2. The smallest absolute Gasteiger partial charge is 0.279 e. The molecule has 2 aromatic rings. The maximum Gasteiger partial charge on any atom is 0.279 e. The van der Waals surface area contributed by atoms with Crippen LogP contribution in [0.3, 0.4) is 0 Å². The molecule has 2 N–H and O–H groups in total. The summed E-state index contributed by atoms with van der Waals surface area (Å²) in [5, 5.41) is 0. The van der Waals surface area contributed by atoms with Crippen molar-refractivity contribution in [2.24, 2.45) is 0 Å². The molecule has 0 aliphatic heterocycles. The first-order valence-electron chi connectivity index (χ1n) is 8.59. The van der Waals surface area contributed by atoms with E-state index in [0.29, 0.717) is 11.5 Å². The Morgan fingerprint density at radius 3 is 2.25 bits per heavy atom. The predicted octanol–water partition coefficient (Wildman–Crippen LogP) is 4.13.